The van der Waals surface area contributed by atoms with E-state index in [9.17, 15) is 4.79 Å². The standard InChI is InChI=1S/C15H13NO2/c1-18-14-9-7-13(8-10-14)16-11-15(17)12-5-3-2-4-6-12/h2-11H,1H3. The number of benzene rings is 2. The van der Waals surface area contributed by atoms with Gasteiger partial charge in [-0.3, -0.25) is 9.79 Å². The van der Waals surface area contributed by atoms with Gasteiger partial charge in [-0.15, -0.1) is 0 Å². The molecule has 0 amide bonds. The number of ketones is 1. The number of nitrogens with zero attached hydrogens (tertiary/aromatic N) is 1. The van der Waals surface area contributed by atoms with E-state index in [2.05, 4.69) is 4.99 Å². The Morgan fingerprint density at radius 1 is 1.06 bits per heavy atom. The quantitative estimate of drug-likeness (QED) is 0.606. The van der Waals surface area contributed by atoms with Crippen molar-refractivity contribution in [3.05, 3.63) is 60.2 Å². The second-order valence-corrected chi connectivity index (χ2v) is 3.69. The molecule has 0 aliphatic rings. The first-order valence-electron chi connectivity index (χ1n) is 5.57. The highest BCUT2D eigenvalue weighted by atomic mass is 16.5. The summed E-state index contributed by atoms with van der Waals surface area (Å²) in [6, 6.07) is 16.3. The van der Waals surface area contributed by atoms with E-state index in [1.165, 1.54) is 6.21 Å². The summed E-state index contributed by atoms with van der Waals surface area (Å²) in [6.45, 7) is 0. The lowest BCUT2D eigenvalue weighted by Gasteiger charge is -1.98. The van der Waals surface area contributed by atoms with Gasteiger partial charge in [0.25, 0.3) is 0 Å². The van der Waals surface area contributed by atoms with E-state index >= 15 is 0 Å². The number of rotatable bonds is 4. The predicted octanol–water partition coefficient (Wildman–Crippen LogP) is 3.28. The fraction of sp³-hybridized carbons (Fsp3) is 0.0667. The first kappa shape index (κ1) is 12.0. The molecule has 0 radical (unpaired) electrons. The van der Waals surface area contributed by atoms with Gasteiger partial charge >= 0.3 is 0 Å². The van der Waals surface area contributed by atoms with Crippen molar-refractivity contribution in [2.45, 2.75) is 0 Å². The Labute approximate surface area is 106 Å². The van der Waals surface area contributed by atoms with Crippen molar-refractivity contribution in [2.24, 2.45) is 4.99 Å². The number of carbonyl (C=O) groups excluding carboxylic acids is 1. The lowest BCUT2D eigenvalue weighted by Crippen LogP contribution is -1.98. The third-order valence-electron chi connectivity index (χ3n) is 2.46. The van der Waals surface area contributed by atoms with Crippen molar-refractivity contribution in [2.75, 3.05) is 7.11 Å². The van der Waals surface area contributed by atoms with Gasteiger partial charge < -0.3 is 4.74 Å². The monoisotopic (exact) mass is 239 g/mol. The van der Waals surface area contributed by atoms with Crippen LogP contribution in [0.3, 0.4) is 0 Å². The Morgan fingerprint density at radius 2 is 1.72 bits per heavy atom. The van der Waals surface area contributed by atoms with E-state index in [1.807, 2.05) is 18.2 Å². The van der Waals surface area contributed by atoms with Crippen molar-refractivity contribution in [1.82, 2.24) is 0 Å². The third-order valence-corrected chi connectivity index (χ3v) is 2.46. The molecule has 0 spiro atoms. The molecule has 0 saturated heterocycles. The summed E-state index contributed by atoms with van der Waals surface area (Å²) in [5.74, 6) is 0.662. The van der Waals surface area contributed by atoms with Gasteiger partial charge in [-0.2, -0.15) is 0 Å². The van der Waals surface area contributed by atoms with E-state index in [1.54, 1.807) is 43.5 Å². The fourth-order valence-electron chi connectivity index (χ4n) is 1.48. The van der Waals surface area contributed by atoms with Gasteiger partial charge in [0.05, 0.1) is 19.0 Å². The molecule has 90 valence electrons. The van der Waals surface area contributed by atoms with Crippen molar-refractivity contribution in [3.8, 4) is 5.75 Å². The van der Waals surface area contributed by atoms with Gasteiger partial charge in [0.15, 0.2) is 0 Å². The Hall–Kier alpha value is -2.42. The molecule has 0 atom stereocenters. The minimum absolute atomic E-state index is 0.105. The molecule has 0 bridgehead atoms. The highest BCUT2D eigenvalue weighted by Crippen LogP contribution is 2.17. The second kappa shape index (κ2) is 5.77. The van der Waals surface area contributed by atoms with Crippen molar-refractivity contribution >= 4 is 17.7 Å². The van der Waals surface area contributed by atoms with Crippen LogP contribution in [0.4, 0.5) is 5.69 Å². The van der Waals surface area contributed by atoms with Crippen molar-refractivity contribution < 1.29 is 9.53 Å². The molecule has 0 aliphatic carbocycles. The normalized spacial score (nSPS) is 10.5. The second-order valence-electron chi connectivity index (χ2n) is 3.69. The molecule has 3 nitrogen and oxygen atoms in total. The summed E-state index contributed by atoms with van der Waals surface area (Å²) in [5.41, 5.74) is 1.36. The van der Waals surface area contributed by atoms with E-state index in [0.29, 0.717) is 5.56 Å². The zero-order chi connectivity index (χ0) is 12.8. The molecule has 0 unspecified atom stereocenters. The van der Waals surface area contributed by atoms with E-state index < -0.39 is 0 Å². The Balaban J connectivity index is 2.08. The summed E-state index contributed by atoms with van der Waals surface area (Å²) in [6.07, 6.45) is 1.33. The van der Waals surface area contributed by atoms with E-state index in [-0.39, 0.29) is 5.78 Å². The predicted molar refractivity (Wildman–Crippen MR) is 71.9 cm³/mol. The lowest BCUT2D eigenvalue weighted by molar-refractivity contribution is 0.107. The molecule has 2 aromatic rings. The smallest absolute Gasteiger partial charge is 0.204 e. The number of ether oxygens (including phenoxy) is 1. The summed E-state index contributed by atoms with van der Waals surface area (Å²) >= 11 is 0. The first-order valence-corrected chi connectivity index (χ1v) is 5.57. The zero-order valence-corrected chi connectivity index (χ0v) is 10.0. The van der Waals surface area contributed by atoms with Crippen LogP contribution in [0.15, 0.2) is 59.6 Å². The molecule has 0 heterocycles. The van der Waals surface area contributed by atoms with Gasteiger partial charge in [-0.05, 0) is 24.3 Å². The molecule has 18 heavy (non-hydrogen) atoms. The van der Waals surface area contributed by atoms with Crippen LogP contribution in [0.5, 0.6) is 5.75 Å². The fourth-order valence-corrected chi connectivity index (χ4v) is 1.48. The number of Topliss-reactive ketones (excluding diaryl/α,β-unsaturated/α-hetero) is 1. The molecule has 0 aliphatic heterocycles. The molecule has 0 aromatic heterocycles. The van der Waals surface area contributed by atoms with Crippen LogP contribution in [-0.2, 0) is 0 Å². The zero-order valence-electron chi connectivity index (χ0n) is 10.0. The largest absolute Gasteiger partial charge is 0.497 e. The summed E-state index contributed by atoms with van der Waals surface area (Å²) in [4.78, 5) is 15.9. The number of hydrogen-bond acceptors (Lipinski definition) is 3. The molecular formula is C15H13NO2. The molecule has 3 heteroatoms. The van der Waals surface area contributed by atoms with Crippen LogP contribution in [0.2, 0.25) is 0 Å². The first-order chi connectivity index (χ1) is 8.79. The highest BCUT2D eigenvalue weighted by molar-refractivity contribution is 6.35. The topological polar surface area (TPSA) is 38.7 Å². The van der Waals surface area contributed by atoms with Crippen molar-refractivity contribution in [3.63, 3.8) is 0 Å². The van der Waals surface area contributed by atoms with Gasteiger partial charge in [-0.1, -0.05) is 30.3 Å². The molecule has 2 rings (SSSR count). The SMILES string of the molecule is COc1ccc(N=CC(=O)c2ccccc2)cc1. The minimum atomic E-state index is -0.105. The molecule has 0 N–H and O–H groups in total. The third kappa shape index (κ3) is 3.04. The van der Waals surface area contributed by atoms with E-state index in [4.69, 9.17) is 4.74 Å². The Morgan fingerprint density at radius 3 is 2.33 bits per heavy atom. The average molecular weight is 239 g/mol. The van der Waals surface area contributed by atoms with Crippen LogP contribution >= 0.6 is 0 Å². The van der Waals surface area contributed by atoms with Crippen LogP contribution in [0, 0.1) is 0 Å². The van der Waals surface area contributed by atoms with Crippen molar-refractivity contribution in [1.29, 1.82) is 0 Å². The van der Waals surface area contributed by atoms with Crippen LogP contribution < -0.4 is 4.74 Å². The maximum atomic E-state index is 11.8. The maximum absolute atomic E-state index is 11.8. The maximum Gasteiger partial charge on any atom is 0.204 e. The average Bonchev–Trinajstić information content (AvgIpc) is 2.46. The molecule has 2 aromatic carbocycles. The summed E-state index contributed by atoms with van der Waals surface area (Å²) in [7, 11) is 1.61. The number of methoxy groups -OCH3 is 1. The van der Waals surface area contributed by atoms with Crippen LogP contribution in [0.1, 0.15) is 10.4 Å². The van der Waals surface area contributed by atoms with Crippen LogP contribution in [-0.4, -0.2) is 19.1 Å². The minimum Gasteiger partial charge on any atom is -0.497 e. The Kier molecular flexibility index (Phi) is 3.86. The molecule has 0 saturated carbocycles. The summed E-state index contributed by atoms with van der Waals surface area (Å²) in [5, 5.41) is 0. The van der Waals surface area contributed by atoms with Gasteiger partial charge in [0.2, 0.25) is 5.78 Å². The van der Waals surface area contributed by atoms with E-state index in [0.717, 1.165) is 11.4 Å². The van der Waals surface area contributed by atoms with Crippen LogP contribution in [0.25, 0.3) is 0 Å². The lowest BCUT2D eigenvalue weighted by atomic mass is 10.1. The van der Waals surface area contributed by atoms with Gasteiger partial charge in [0.1, 0.15) is 5.75 Å². The van der Waals surface area contributed by atoms with Gasteiger partial charge in [0, 0.05) is 5.56 Å². The summed E-state index contributed by atoms with van der Waals surface area (Å²) < 4.78 is 5.05. The Bertz CT molecular complexity index is 544. The van der Waals surface area contributed by atoms with Gasteiger partial charge in [-0.25, -0.2) is 0 Å². The highest BCUT2D eigenvalue weighted by Gasteiger charge is 2.00. The number of aliphatic imine (C=N–C) groups is 1. The number of carbonyl (C=O) groups is 1. The molecule has 0 fully saturated rings. The molecular weight excluding hydrogens is 226 g/mol. The number of hydrogen-bond donors (Lipinski definition) is 0.